The van der Waals surface area contributed by atoms with Crippen LogP contribution in [-0.2, 0) is 11.8 Å². The highest BCUT2D eigenvalue weighted by Gasteiger charge is 2.23. The van der Waals surface area contributed by atoms with Gasteiger partial charge in [-0.25, -0.2) is 0 Å². The molecule has 7 heteroatoms. The summed E-state index contributed by atoms with van der Waals surface area (Å²) >= 11 is 7.38. The van der Waals surface area contributed by atoms with Crippen LogP contribution in [0.4, 0.5) is 0 Å². The molecule has 1 heterocycles. The Balaban J connectivity index is 1.68. The number of nitrogens with zero attached hydrogens (tertiary/aromatic N) is 3. The lowest BCUT2D eigenvalue weighted by Gasteiger charge is -2.05. The molecule has 0 spiro atoms. The van der Waals surface area contributed by atoms with Gasteiger partial charge in [0, 0.05) is 23.7 Å². The molecule has 1 amide bonds. The minimum atomic E-state index is 0.0507. The molecule has 3 rings (SSSR count). The lowest BCUT2D eigenvalue weighted by Crippen LogP contribution is -2.27. The van der Waals surface area contributed by atoms with Gasteiger partial charge in [-0.05, 0) is 25.0 Å². The molecule has 0 saturated heterocycles. The molecule has 1 aliphatic carbocycles. The predicted octanol–water partition coefficient (Wildman–Crippen LogP) is 2.51. The van der Waals surface area contributed by atoms with Crippen LogP contribution >= 0.6 is 23.4 Å². The maximum Gasteiger partial charge on any atom is 0.230 e. The van der Waals surface area contributed by atoms with Crippen LogP contribution in [0.25, 0.3) is 11.4 Å². The Morgan fingerprint density at radius 3 is 3.00 bits per heavy atom. The summed E-state index contributed by atoms with van der Waals surface area (Å²) in [5, 5.41) is 12.7. The molecule has 0 unspecified atom stereocenters. The van der Waals surface area contributed by atoms with Gasteiger partial charge in [0.1, 0.15) is 0 Å². The third-order valence-corrected chi connectivity index (χ3v) is 4.45. The molecule has 5 nitrogen and oxygen atoms in total. The normalized spacial score (nSPS) is 14.2. The first-order valence-corrected chi connectivity index (χ1v) is 8.07. The van der Waals surface area contributed by atoms with Gasteiger partial charge >= 0.3 is 0 Å². The Hall–Kier alpha value is -1.53. The standard InChI is InChI=1S/C14H15ClN4OS/c1-19-13(9-3-2-4-10(15)7-9)17-18-14(19)21-8-12(20)16-11-5-6-11/h2-4,7,11H,5-6,8H2,1H3,(H,16,20). The van der Waals surface area contributed by atoms with Gasteiger partial charge in [0.15, 0.2) is 11.0 Å². The summed E-state index contributed by atoms with van der Waals surface area (Å²) in [4.78, 5) is 11.7. The van der Waals surface area contributed by atoms with Crippen LogP contribution in [0, 0.1) is 0 Å². The highest BCUT2D eigenvalue weighted by atomic mass is 35.5. The van der Waals surface area contributed by atoms with Gasteiger partial charge in [0.2, 0.25) is 5.91 Å². The number of nitrogens with one attached hydrogen (secondary N) is 1. The van der Waals surface area contributed by atoms with Crippen LogP contribution in [0.5, 0.6) is 0 Å². The second-order valence-electron chi connectivity index (χ2n) is 5.01. The quantitative estimate of drug-likeness (QED) is 0.859. The van der Waals surface area contributed by atoms with E-state index in [9.17, 15) is 4.79 Å². The molecule has 1 aromatic heterocycles. The van der Waals surface area contributed by atoms with E-state index in [0.717, 1.165) is 29.4 Å². The van der Waals surface area contributed by atoms with Gasteiger partial charge in [-0.2, -0.15) is 0 Å². The van der Waals surface area contributed by atoms with E-state index < -0.39 is 0 Å². The van der Waals surface area contributed by atoms with Crippen molar-refractivity contribution in [2.24, 2.45) is 7.05 Å². The number of carbonyl (C=O) groups is 1. The van der Waals surface area contributed by atoms with Crippen molar-refractivity contribution >= 4 is 29.3 Å². The van der Waals surface area contributed by atoms with E-state index in [2.05, 4.69) is 15.5 Å². The van der Waals surface area contributed by atoms with E-state index in [1.165, 1.54) is 11.8 Å². The number of hydrogen-bond donors (Lipinski definition) is 1. The van der Waals surface area contributed by atoms with Crippen LogP contribution in [0.1, 0.15) is 12.8 Å². The van der Waals surface area contributed by atoms with E-state index in [-0.39, 0.29) is 5.91 Å². The van der Waals surface area contributed by atoms with Gasteiger partial charge in [-0.1, -0.05) is 35.5 Å². The van der Waals surface area contributed by atoms with Crippen LogP contribution < -0.4 is 5.32 Å². The molecule has 1 fully saturated rings. The average Bonchev–Trinajstić information content (AvgIpc) is 3.18. The third kappa shape index (κ3) is 3.57. The summed E-state index contributed by atoms with van der Waals surface area (Å²) in [5.74, 6) is 1.15. The van der Waals surface area contributed by atoms with E-state index in [4.69, 9.17) is 11.6 Å². The second kappa shape index (κ2) is 6.07. The van der Waals surface area contributed by atoms with E-state index in [1.807, 2.05) is 35.9 Å². The fourth-order valence-corrected chi connectivity index (χ4v) is 2.86. The van der Waals surface area contributed by atoms with Crippen molar-refractivity contribution in [3.05, 3.63) is 29.3 Å². The zero-order valence-corrected chi connectivity index (χ0v) is 13.1. The minimum Gasteiger partial charge on any atom is -0.353 e. The van der Waals surface area contributed by atoms with Crippen molar-refractivity contribution in [1.29, 1.82) is 0 Å². The van der Waals surface area contributed by atoms with Crippen LogP contribution in [0.15, 0.2) is 29.4 Å². The Bertz CT molecular complexity index is 669. The van der Waals surface area contributed by atoms with E-state index >= 15 is 0 Å². The molecule has 21 heavy (non-hydrogen) atoms. The third-order valence-electron chi connectivity index (χ3n) is 3.19. The molecule has 0 radical (unpaired) electrons. The van der Waals surface area contributed by atoms with Crippen molar-refractivity contribution in [3.63, 3.8) is 0 Å². The molecule has 110 valence electrons. The fraction of sp³-hybridized carbons (Fsp3) is 0.357. The molecular formula is C14H15ClN4OS. The van der Waals surface area contributed by atoms with Gasteiger partial charge in [0.25, 0.3) is 0 Å². The second-order valence-corrected chi connectivity index (χ2v) is 6.38. The van der Waals surface area contributed by atoms with Crippen LogP contribution in [0.2, 0.25) is 5.02 Å². The molecule has 1 saturated carbocycles. The summed E-state index contributed by atoms with van der Waals surface area (Å²) in [5.41, 5.74) is 0.909. The Morgan fingerprint density at radius 2 is 2.29 bits per heavy atom. The highest BCUT2D eigenvalue weighted by Crippen LogP contribution is 2.25. The summed E-state index contributed by atoms with van der Waals surface area (Å²) in [6.07, 6.45) is 2.19. The van der Waals surface area contributed by atoms with Crippen molar-refractivity contribution in [1.82, 2.24) is 20.1 Å². The first-order valence-electron chi connectivity index (χ1n) is 6.71. The number of thioether (sulfide) groups is 1. The van der Waals surface area contributed by atoms with Crippen LogP contribution in [0.3, 0.4) is 0 Å². The highest BCUT2D eigenvalue weighted by molar-refractivity contribution is 7.99. The molecule has 0 bridgehead atoms. The first kappa shape index (κ1) is 14.4. The van der Waals surface area contributed by atoms with Gasteiger partial charge in [0.05, 0.1) is 5.75 Å². The van der Waals surface area contributed by atoms with Gasteiger partial charge < -0.3 is 9.88 Å². The fourth-order valence-electron chi connectivity index (χ4n) is 1.95. The SMILES string of the molecule is Cn1c(SCC(=O)NC2CC2)nnc1-c1cccc(Cl)c1. The summed E-state index contributed by atoms with van der Waals surface area (Å²) in [6.45, 7) is 0. The monoisotopic (exact) mass is 322 g/mol. The number of benzene rings is 1. The van der Waals surface area contributed by atoms with Gasteiger partial charge in [-0.15, -0.1) is 10.2 Å². The summed E-state index contributed by atoms with van der Waals surface area (Å²) in [6, 6.07) is 7.87. The number of carbonyl (C=O) groups excluding carboxylic acids is 1. The first-order chi connectivity index (χ1) is 10.1. The number of aromatic nitrogens is 3. The van der Waals surface area contributed by atoms with Crippen molar-refractivity contribution in [3.8, 4) is 11.4 Å². The van der Waals surface area contributed by atoms with Crippen molar-refractivity contribution in [2.45, 2.75) is 24.0 Å². The van der Waals surface area contributed by atoms with E-state index in [1.54, 1.807) is 0 Å². The topological polar surface area (TPSA) is 59.8 Å². The number of rotatable bonds is 5. The van der Waals surface area contributed by atoms with E-state index in [0.29, 0.717) is 16.8 Å². The molecule has 1 aliphatic rings. The Kier molecular flexibility index (Phi) is 4.17. The lowest BCUT2D eigenvalue weighted by molar-refractivity contribution is -0.118. The molecule has 1 N–H and O–H groups in total. The molecule has 0 atom stereocenters. The largest absolute Gasteiger partial charge is 0.353 e. The maximum absolute atomic E-state index is 11.7. The number of halogens is 1. The Labute approximate surface area is 132 Å². The zero-order chi connectivity index (χ0) is 14.8. The average molecular weight is 323 g/mol. The maximum atomic E-state index is 11.7. The predicted molar refractivity (Wildman–Crippen MR) is 83.3 cm³/mol. The van der Waals surface area contributed by atoms with Crippen molar-refractivity contribution in [2.75, 3.05) is 5.75 Å². The smallest absolute Gasteiger partial charge is 0.230 e. The van der Waals surface area contributed by atoms with Crippen molar-refractivity contribution < 1.29 is 4.79 Å². The lowest BCUT2D eigenvalue weighted by atomic mass is 10.2. The molecule has 0 aliphatic heterocycles. The van der Waals surface area contributed by atoms with Gasteiger partial charge in [-0.3, -0.25) is 4.79 Å². The molecular weight excluding hydrogens is 308 g/mol. The van der Waals surface area contributed by atoms with Crippen LogP contribution in [-0.4, -0.2) is 32.5 Å². The summed E-state index contributed by atoms with van der Waals surface area (Å²) < 4.78 is 1.88. The Morgan fingerprint density at radius 1 is 1.48 bits per heavy atom. The molecule has 2 aromatic rings. The number of amides is 1. The minimum absolute atomic E-state index is 0.0507. The zero-order valence-electron chi connectivity index (χ0n) is 11.5. The molecule has 1 aromatic carbocycles. The summed E-state index contributed by atoms with van der Waals surface area (Å²) in [7, 11) is 1.89. The number of hydrogen-bond acceptors (Lipinski definition) is 4.